The lowest BCUT2D eigenvalue weighted by Crippen LogP contribution is -2.40. The quantitative estimate of drug-likeness (QED) is 0.892. The zero-order chi connectivity index (χ0) is 12.4. The second-order valence-corrected chi connectivity index (χ2v) is 4.66. The van der Waals surface area contributed by atoms with E-state index in [4.69, 9.17) is 9.72 Å². The Morgan fingerprint density at radius 1 is 1.44 bits per heavy atom. The second-order valence-electron chi connectivity index (χ2n) is 4.66. The number of fused-ring (bicyclic) bond motifs is 1. The maximum Gasteiger partial charge on any atom is 0.112 e. The maximum absolute atomic E-state index is 5.76. The molecule has 2 heterocycles. The molecule has 18 heavy (non-hydrogen) atoms. The van der Waals surface area contributed by atoms with E-state index in [1.807, 2.05) is 6.07 Å². The van der Waals surface area contributed by atoms with Crippen molar-refractivity contribution in [2.24, 2.45) is 0 Å². The highest BCUT2D eigenvalue weighted by atomic mass is 16.5. The van der Waals surface area contributed by atoms with Crippen molar-refractivity contribution in [2.75, 3.05) is 19.7 Å². The van der Waals surface area contributed by atoms with Gasteiger partial charge in [0.15, 0.2) is 0 Å². The van der Waals surface area contributed by atoms with Crippen molar-refractivity contribution in [3.63, 3.8) is 0 Å². The van der Waals surface area contributed by atoms with Gasteiger partial charge in [-0.15, -0.1) is 0 Å². The molecular formula is C14H19N3O. The molecule has 1 aliphatic rings. The van der Waals surface area contributed by atoms with E-state index in [-0.39, 0.29) is 6.10 Å². The standard InChI is InChI=1S/C14H19N3O/c1-2-17-13-6-4-3-5-12(13)16-14(17)9-11-10-15-7-8-18-11/h3-6,11,15H,2,7-10H2,1H3. The molecule has 3 rings (SSSR count). The van der Waals surface area contributed by atoms with Crippen LogP contribution >= 0.6 is 0 Å². The predicted molar refractivity (Wildman–Crippen MR) is 71.7 cm³/mol. The smallest absolute Gasteiger partial charge is 0.112 e. The minimum absolute atomic E-state index is 0.251. The molecule has 1 fully saturated rings. The lowest BCUT2D eigenvalue weighted by atomic mass is 10.2. The number of para-hydroxylation sites is 2. The van der Waals surface area contributed by atoms with Crippen molar-refractivity contribution in [1.82, 2.24) is 14.9 Å². The van der Waals surface area contributed by atoms with E-state index >= 15 is 0 Å². The van der Waals surface area contributed by atoms with Crippen molar-refractivity contribution >= 4 is 11.0 Å². The van der Waals surface area contributed by atoms with E-state index in [0.717, 1.165) is 44.0 Å². The summed E-state index contributed by atoms with van der Waals surface area (Å²) < 4.78 is 8.05. The number of imidazole rings is 1. The third-order valence-electron chi connectivity index (χ3n) is 3.46. The number of nitrogens with zero attached hydrogens (tertiary/aromatic N) is 2. The summed E-state index contributed by atoms with van der Waals surface area (Å²) in [4.78, 5) is 4.73. The number of aromatic nitrogens is 2. The fourth-order valence-electron chi connectivity index (χ4n) is 2.59. The first kappa shape index (κ1) is 11.7. The minimum atomic E-state index is 0.251. The van der Waals surface area contributed by atoms with Gasteiger partial charge in [-0.25, -0.2) is 4.98 Å². The molecule has 4 nitrogen and oxygen atoms in total. The Bertz CT molecular complexity index is 529. The highest BCUT2D eigenvalue weighted by molar-refractivity contribution is 5.75. The van der Waals surface area contributed by atoms with Crippen LogP contribution in [0.2, 0.25) is 0 Å². The van der Waals surface area contributed by atoms with E-state index in [1.54, 1.807) is 0 Å². The summed E-state index contributed by atoms with van der Waals surface area (Å²) in [5.41, 5.74) is 2.30. The number of morpholine rings is 1. The molecule has 0 aliphatic carbocycles. The van der Waals surface area contributed by atoms with Crippen molar-refractivity contribution in [3.8, 4) is 0 Å². The fraction of sp³-hybridized carbons (Fsp3) is 0.500. The molecule has 4 heteroatoms. The first-order chi connectivity index (χ1) is 8.88. The van der Waals surface area contributed by atoms with Gasteiger partial charge < -0.3 is 14.6 Å². The Balaban J connectivity index is 1.90. The molecule has 0 saturated carbocycles. The van der Waals surface area contributed by atoms with Gasteiger partial charge in [0.05, 0.1) is 23.7 Å². The first-order valence-corrected chi connectivity index (χ1v) is 6.65. The molecule has 0 bridgehead atoms. The highest BCUT2D eigenvalue weighted by Gasteiger charge is 2.18. The summed E-state index contributed by atoms with van der Waals surface area (Å²) in [7, 11) is 0. The SMILES string of the molecule is CCn1c(CC2CNCCO2)nc2ccccc21. The lowest BCUT2D eigenvalue weighted by molar-refractivity contribution is 0.0276. The Labute approximate surface area is 107 Å². The van der Waals surface area contributed by atoms with Gasteiger partial charge in [0.25, 0.3) is 0 Å². The summed E-state index contributed by atoms with van der Waals surface area (Å²) in [6.07, 6.45) is 1.14. The third-order valence-corrected chi connectivity index (χ3v) is 3.46. The Morgan fingerprint density at radius 3 is 3.11 bits per heavy atom. The normalized spacial score (nSPS) is 20.4. The maximum atomic E-state index is 5.76. The van der Waals surface area contributed by atoms with Crippen LogP contribution in [-0.4, -0.2) is 35.4 Å². The van der Waals surface area contributed by atoms with Gasteiger partial charge in [0.1, 0.15) is 5.82 Å². The largest absolute Gasteiger partial charge is 0.375 e. The van der Waals surface area contributed by atoms with E-state index in [1.165, 1.54) is 5.52 Å². The molecule has 1 aromatic heterocycles. The monoisotopic (exact) mass is 245 g/mol. The van der Waals surface area contributed by atoms with Crippen molar-refractivity contribution in [3.05, 3.63) is 30.1 Å². The van der Waals surface area contributed by atoms with Gasteiger partial charge in [0, 0.05) is 26.1 Å². The Kier molecular flexibility index (Phi) is 3.30. The molecule has 1 saturated heterocycles. The molecule has 96 valence electrons. The molecule has 0 spiro atoms. The molecule has 1 aliphatic heterocycles. The molecule has 0 amide bonds. The van der Waals surface area contributed by atoms with Crippen LogP contribution in [-0.2, 0) is 17.7 Å². The highest BCUT2D eigenvalue weighted by Crippen LogP contribution is 2.17. The lowest BCUT2D eigenvalue weighted by Gasteiger charge is -2.23. The predicted octanol–water partition coefficient (Wildman–Crippen LogP) is 1.59. The number of rotatable bonds is 3. The minimum Gasteiger partial charge on any atom is -0.375 e. The molecule has 0 radical (unpaired) electrons. The van der Waals surface area contributed by atoms with Crippen molar-refractivity contribution < 1.29 is 4.74 Å². The zero-order valence-electron chi connectivity index (χ0n) is 10.7. The molecule has 1 unspecified atom stereocenters. The van der Waals surface area contributed by atoms with Crippen LogP contribution in [0.3, 0.4) is 0 Å². The first-order valence-electron chi connectivity index (χ1n) is 6.65. The zero-order valence-corrected chi connectivity index (χ0v) is 10.7. The summed E-state index contributed by atoms with van der Waals surface area (Å²) in [6, 6.07) is 8.32. The van der Waals surface area contributed by atoms with Gasteiger partial charge in [-0.2, -0.15) is 0 Å². The van der Waals surface area contributed by atoms with E-state index in [9.17, 15) is 0 Å². The molecule has 1 N–H and O–H groups in total. The van der Waals surface area contributed by atoms with E-state index in [2.05, 4.69) is 35.0 Å². The van der Waals surface area contributed by atoms with Crippen LogP contribution in [0.1, 0.15) is 12.7 Å². The van der Waals surface area contributed by atoms with Gasteiger partial charge in [-0.05, 0) is 19.1 Å². The third kappa shape index (κ3) is 2.13. The number of hydrogen-bond acceptors (Lipinski definition) is 3. The van der Waals surface area contributed by atoms with Crippen LogP contribution in [0.4, 0.5) is 0 Å². The van der Waals surface area contributed by atoms with E-state index < -0.39 is 0 Å². The van der Waals surface area contributed by atoms with Gasteiger partial charge in [-0.1, -0.05) is 12.1 Å². The molecular weight excluding hydrogens is 226 g/mol. The number of benzene rings is 1. The second kappa shape index (κ2) is 5.08. The number of aryl methyl sites for hydroxylation is 1. The number of nitrogens with one attached hydrogen (secondary N) is 1. The van der Waals surface area contributed by atoms with Gasteiger partial charge in [0.2, 0.25) is 0 Å². The van der Waals surface area contributed by atoms with Crippen LogP contribution < -0.4 is 5.32 Å². The van der Waals surface area contributed by atoms with Crippen LogP contribution in [0.25, 0.3) is 11.0 Å². The average Bonchev–Trinajstić information content (AvgIpc) is 2.77. The number of hydrogen-bond donors (Lipinski definition) is 1. The van der Waals surface area contributed by atoms with E-state index in [0.29, 0.717) is 0 Å². The fourth-order valence-corrected chi connectivity index (χ4v) is 2.59. The van der Waals surface area contributed by atoms with Gasteiger partial charge >= 0.3 is 0 Å². The van der Waals surface area contributed by atoms with Crippen LogP contribution in [0.5, 0.6) is 0 Å². The summed E-state index contributed by atoms with van der Waals surface area (Å²) in [6.45, 7) is 5.80. The summed E-state index contributed by atoms with van der Waals surface area (Å²) >= 11 is 0. The van der Waals surface area contributed by atoms with Gasteiger partial charge in [-0.3, -0.25) is 0 Å². The topological polar surface area (TPSA) is 39.1 Å². The summed E-state index contributed by atoms with van der Waals surface area (Å²) in [5, 5.41) is 3.36. The average molecular weight is 245 g/mol. The summed E-state index contributed by atoms with van der Waals surface area (Å²) in [5.74, 6) is 1.13. The van der Waals surface area contributed by atoms with Crippen LogP contribution in [0, 0.1) is 0 Å². The van der Waals surface area contributed by atoms with Crippen molar-refractivity contribution in [2.45, 2.75) is 26.0 Å². The Morgan fingerprint density at radius 2 is 2.33 bits per heavy atom. The molecule has 2 aromatic rings. The molecule has 1 atom stereocenters. The molecule has 1 aromatic carbocycles. The van der Waals surface area contributed by atoms with Crippen molar-refractivity contribution in [1.29, 1.82) is 0 Å². The van der Waals surface area contributed by atoms with Crippen LogP contribution in [0.15, 0.2) is 24.3 Å². The Hall–Kier alpha value is -1.39. The number of ether oxygens (including phenoxy) is 1.